The van der Waals surface area contributed by atoms with E-state index in [0.717, 1.165) is 33.4 Å². The van der Waals surface area contributed by atoms with Gasteiger partial charge in [-0.1, -0.05) is 30.3 Å². The number of anilines is 2. The Morgan fingerprint density at radius 1 is 0.783 bits per heavy atom. The molecule has 0 amide bonds. The summed E-state index contributed by atoms with van der Waals surface area (Å²) in [4.78, 5) is 3.22. The highest BCUT2D eigenvalue weighted by molar-refractivity contribution is 5.96. The summed E-state index contributed by atoms with van der Waals surface area (Å²) >= 11 is 0. The van der Waals surface area contributed by atoms with Gasteiger partial charge in [0.05, 0.1) is 0 Å². The lowest BCUT2D eigenvalue weighted by atomic mass is 10.0. The lowest BCUT2D eigenvalue weighted by Gasteiger charge is -2.10. The van der Waals surface area contributed by atoms with E-state index >= 15 is 0 Å². The first-order valence-corrected chi connectivity index (χ1v) is 7.52. The molecule has 1 heterocycles. The first-order valence-electron chi connectivity index (χ1n) is 7.52. The maximum absolute atomic E-state index is 10.1. The maximum Gasteiger partial charge on any atom is 0.118 e. The van der Waals surface area contributed by atoms with Gasteiger partial charge in [0, 0.05) is 34.5 Å². The van der Waals surface area contributed by atoms with Crippen molar-refractivity contribution in [3.05, 3.63) is 79.0 Å². The van der Waals surface area contributed by atoms with Crippen LogP contribution in [0.25, 0.3) is 22.0 Å². The van der Waals surface area contributed by atoms with E-state index in [1.807, 2.05) is 48.7 Å². The van der Waals surface area contributed by atoms with Crippen LogP contribution in [0.3, 0.4) is 0 Å². The number of phenolic OH excluding ortho intramolecular Hbond substituents is 1. The Hall–Kier alpha value is -3.20. The van der Waals surface area contributed by atoms with Crippen molar-refractivity contribution in [2.24, 2.45) is 0 Å². The molecule has 1 aromatic heterocycles. The van der Waals surface area contributed by atoms with E-state index in [9.17, 15) is 5.11 Å². The van der Waals surface area contributed by atoms with Gasteiger partial charge in [-0.05, 0) is 47.5 Å². The van der Waals surface area contributed by atoms with Crippen molar-refractivity contribution in [3.63, 3.8) is 0 Å². The van der Waals surface area contributed by atoms with Crippen molar-refractivity contribution in [2.75, 3.05) is 5.32 Å². The molecule has 0 saturated carbocycles. The Bertz CT molecular complexity index is 958. The third-order valence-electron chi connectivity index (χ3n) is 3.89. The number of hydrogen-bond donors (Lipinski definition) is 3. The van der Waals surface area contributed by atoms with Gasteiger partial charge in [0.15, 0.2) is 0 Å². The number of hydrogen-bond acceptors (Lipinski definition) is 2. The van der Waals surface area contributed by atoms with Crippen molar-refractivity contribution in [2.45, 2.75) is 0 Å². The summed E-state index contributed by atoms with van der Waals surface area (Å²) in [6, 6.07) is 23.7. The molecular weight excluding hydrogens is 284 g/mol. The Balaban J connectivity index is 1.79. The van der Waals surface area contributed by atoms with E-state index in [-0.39, 0.29) is 5.75 Å². The Morgan fingerprint density at radius 3 is 2.52 bits per heavy atom. The van der Waals surface area contributed by atoms with Gasteiger partial charge in [-0.15, -0.1) is 0 Å². The molecule has 23 heavy (non-hydrogen) atoms. The number of aromatic hydroxyl groups is 1. The molecule has 0 radical (unpaired) electrons. The topological polar surface area (TPSA) is 48.0 Å². The SMILES string of the molecule is Oc1cc(Nc2ccccc2)cc(-c2cccc3[nH]ccc23)c1. The summed E-state index contributed by atoms with van der Waals surface area (Å²) < 4.78 is 0. The average Bonchev–Trinajstić information content (AvgIpc) is 3.04. The van der Waals surface area contributed by atoms with Crippen LogP contribution in [0.2, 0.25) is 0 Å². The van der Waals surface area contributed by atoms with Crippen LogP contribution < -0.4 is 5.32 Å². The molecule has 0 aliphatic heterocycles. The second-order valence-corrected chi connectivity index (χ2v) is 5.50. The second-order valence-electron chi connectivity index (χ2n) is 5.50. The van der Waals surface area contributed by atoms with Crippen LogP contribution in [0.1, 0.15) is 0 Å². The molecule has 3 nitrogen and oxygen atoms in total. The molecule has 112 valence electrons. The molecule has 0 aliphatic carbocycles. The lowest BCUT2D eigenvalue weighted by Crippen LogP contribution is -1.90. The van der Waals surface area contributed by atoms with Gasteiger partial charge in [-0.25, -0.2) is 0 Å². The summed E-state index contributed by atoms with van der Waals surface area (Å²) in [5.74, 6) is 0.244. The number of rotatable bonds is 3. The highest BCUT2D eigenvalue weighted by atomic mass is 16.3. The van der Waals surface area contributed by atoms with Crippen molar-refractivity contribution < 1.29 is 5.11 Å². The Kier molecular flexibility index (Phi) is 3.24. The van der Waals surface area contributed by atoms with Crippen LogP contribution in [0.15, 0.2) is 79.0 Å². The molecule has 0 fully saturated rings. The minimum absolute atomic E-state index is 0.244. The van der Waals surface area contributed by atoms with E-state index in [2.05, 4.69) is 28.5 Å². The molecule has 0 unspecified atom stereocenters. The minimum Gasteiger partial charge on any atom is -0.508 e. The maximum atomic E-state index is 10.1. The number of aromatic amines is 1. The predicted molar refractivity (Wildman–Crippen MR) is 95.1 cm³/mol. The summed E-state index contributed by atoms with van der Waals surface area (Å²) in [6.45, 7) is 0. The molecule has 0 atom stereocenters. The standard InChI is InChI=1S/C20H16N2O/c23-17-12-14(18-7-4-8-20-19(18)9-10-21-20)11-16(13-17)22-15-5-2-1-3-6-15/h1-13,21-23H. The molecule has 0 bridgehead atoms. The molecule has 0 aliphatic rings. The van der Waals surface area contributed by atoms with Crippen LogP contribution in [0.5, 0.6) is 5.75 Å². The highest BCUT2D eigenvalue weighted by Crippen LogP contribution is 2.33. The normalized spacial score (nSPS) is 10.8. The third-order valence-corrected chi connectivity index (χ3v) is 3.89. The van der Waals surface area contributed by atoms with Crippen molar-refractivity contribution in [1.82, 2.24) is 4.98 Å². The van der Waals surface area contributed by atoms with E-state index in [1.54, 1.807) is 12.1 Å². The van der Waals surface area contributed by atoms with Crippen molar-refractivity contribution >= 4 is 22.3 Å². The fourth-order valence-corrected chi connectivity index (χ4v) is 2.86. The second kappa shape index (κ2) is 5.54. The zero-order valence-electron chi connectivity index (χ0n) is 12.5. The molecule has 0 saturated heterocycles. The van der Waals surface area contributed by atoms with Gasteiger partial charge < -0.3 is 15.4 Å². The predicted octanol–water partition coefficient (Wildman–Crippen LogP) is 5.28. The quantitative estimate of drug-likeness (QED) is 0.482. The molecule has 3 heteroatoms. The Morgan fingerprint density at radius 2 is 1.65 bits per heavy atom. The first kappa shape index (κ1) is 13.5. The van der Waals surface area contributed by atoms with Crippen LogP contribution in [0, 0.1) is 0 Å². The van der Waals surface area contributed by atoms with E-state index in [1.165, 1.54) is 0 Å². The van der Waals surface area contributed by atoms with E-state index in [4.69, 9.17) is 0 Å². The van der Waals surface area contributed by atoms with Gasteiger partial charge in [0.1, 0.15) is 5.75 Å². The molecule has 3 N–H and O–H groups in total. The van der Waals surface area contributed by atoms with Crippen LogP contribution >= 0.6 is 0 Å². The van der Waals surface area contributed by atoms with Gasteiger partial charge in [0.25, 0.3) is 0 Å². The average molecular weight is 300 g/mol. The number of H-pyrrole nitrogens is 1. The molecule has 4 rings (SSSR count). The van der Waals surface area contributed by atoms with E-state index in [0.29, 0.717) is 0 Å². The van der Waals surface area contributed by atoms with Gasteiger partial charge in [-0.3, -0.25) is 0 Å². The van der Waals surface area contributed by atoms with Crippen LogP contribution in [-0.2, 0) is 0 Å². The van der Waals surface area contributed by atoms with E-state index < -0.39 is 0 Å². The third kappa shape index (κ3) is 2.64. The summed E-state index contributed by atoms with van der Waals surface area (Å²) in [5.41, 5.74) is 5.01. The first-order chi connectivity index (χ1) is 11.3. The van der Waals surface area contributed by atoms with Crippen LogP contribution in [0.4, 0.5) is 11.4 Å². The molecular formula is C20H16N2O. The fraction of sp³-hybridized carbons (Fsp3) is 0. The number of fused-ring (bicyclic) bond motifs is 1. The monoisotopic (exact) mass is 300 g/mol. The van der Waals surface area contributed by atoms with Gasteiger partial charge in [0.2, 0.25) is 0 Å². The van der Waals surface area contributed by atoms with Crippen molar-refractivity contribution in [1.29, 1.82) is 0 Å². The minimum atomic E-state index is 0.244. The number of benzene rings is 3. The molecule has 0 spiro atoms. The molecule has 4 aromatic rings. The Labute approximate surface area is 134 Å². The molecule has 3 aromatic carbocycles. The van der Waals surface area contributed by atoms with Crippen molar-refractivity contribution in [3.8, 4) is 16.9 Å². The smallest absolute Gasteiger partial charge is 0.118 e. The summed E-state index contributed by atoms with van der Waals surface area (Å²) in [6.07, 6.45) is 1.93. The zero-order valence-corrected chi connectivity index (χ0v) is 12.5. The summed E-state index contributed by atoms with van der Waals surface area (Å²) in [7, 11) is 0. The lowest BCUT2D eigenvalue weighted by molar-refractivity contribution is 0.476. The number of para-hydroxylation sites is 1. The van der Waals surface area contributed by atoms with Crippen LogP contribution in [-0.4, -0.2) is 10.1 Å². The number of phenols is 1. The number of nitrogens with one attached hydrogen (secondary N) is 2. The van der Waals surface area contributed by atoms with Gasteiger partial charge >= 0.3 is 0 Å². The fourth-order valence-electron chi connectivity index (χ4n) is 2.86. The highest BCUT2D eigenvalue weighted by Gasteiger charge is 2.07. The van der Waals surface area contributed by atoms with Gasteiger partial charge in [-0.2, -0.15) is 0 Å². The summed E-state index contributed by atoms with van der Waals surface area (Å²) in [5, 5.41) is 14.6. The zero-order chi connectivity index (χ0) is 15.6. The number of aromatic nitrogens is 1. The largest absolute Gasteiger partial charge is 0.508 e.